The van der Waals surface area contributed by atoms with E-state index in [0.717, 1.165) is 49.4 Å². The Bertz CT molecular complexity index is 902. The van der Waals surface area contributed by atoms with Crippen molar-refractivity contribution in [2.75, 3.05) is 31.3 Å². The normalized spacial score (nSPS) is 25.4. The number of aliphatic hydroxyl groups is 1. The quantitative estimate of drug-likeness (QED) is 0.760. The number of rotatable bonds is 6. The van der Waals surface area contributed by atoms with Crippen LogP contribution in [0.3, 0.4) is 0 Å². The van der Waals surface area contributed by atoms with Crippen LogP contribution >= 0.6 is 0 Å². The van der Waals surface area contributed by atoms with Crippen LogP contribution in [0.5, 0.6) is 11.5 Å². The number of anilines is 1. The lowest BCUT2D eigenvalue weighted by Crippen LogP contribution is -2.38. The minimum Gasteiger partial charge on any atom is -0.454 e. The first-order valence-corrected chi connectivity index (χ1v) is 10.3. The van der Waals surface area contributed by atoms with E-state index in [-0.39, 0.29) is 6.79 Å². The molecule has 0 bridgehead atoms. The molecule has 1 fully saturated rings. The Labute approximate surface area is 170 Å². The van der Waals surface area contributed by atoms with Crippen molar-refractivity contribution < 1.29 is 19.4 Å². The van der Waals surface area contributed by atoms with Gasteiger partial charge in [0.2, 0.25) is 6.79 Å². The molecule has 152 valence electrons. The average Bonchev–Trinajstić information content (AvgIpc) is 3.43. The third-order valence-corrected chi connectivity index (χ3v) is 6.47. The van der Waals surface area contributed by atoms with Gasteiger partial charge in [-0.05, 0) is 48.1 Å². The van der Waals surface area contributed by atoms with E-state index in [0.29, 0.717) is 24.9 Å². The summed E-state index contributed by atoms with van der Waals surface area (Å²) >= 11 is 0. The molecule has 3 atom stereocenters. The molecule has 0 radical (unpaired) electrons. The number of aliphatic hydroxyl groups excluding tert-OH is 1. The van der Waals surface area contributed by atoms with E-state index in [4.69, 9.17) is 9.47 Å². The van der Waals surface area contributed by atoms with Gasteiger partial charge in [-0.25, -0.2) is 0 Å². The summed E-state index contributed by atoms with van der Waals surface area (Å²) in [6.07, 6.45) is 3.13. The second-order valence-corrected chi connectivity index (χ2v) is 8.12. The predicted octanol–water partition coefficient (Wildman–Crippen LogP) is 2.54. The number of hydrogen-bond donors (Lipinski definition) is 1. The summed E-state index contributed by atoms with van der Waals surface area (Å²) in [6.45, 7) is 2.38. The Hall–Kier alpha value is -2.57. The zero-order valence-corrected chi connectivity index (χ0v) is 16.4. The molecule has 3 unspecified atom stereocenters. The lowest BCUT2D eigenvalue weighted by molar-refractivity contribution is -0.109. The van der Waals surface area contributed by atoms with Crippen molar-refractivity contribution in [3.8, 4) is 11.5 Å². The Balaban J connectivity index is 1.28. The van der Waals surface area contributed by atoms with E-state index in [9.17, 15) is 9.90 Å². The van der Waals surface area contributed by atoms with Gasteiger partial charge in [0.15, 0.2) is 11.5 Å². The Morgan fingerprint density at radius 3 is 2.90 bits per heavy atom. The highest BCUT2D eigenvalue weighted by atomic mass is 16.7. The van der Waals surface area contributed by atoms with Gasteiger partial charge >= 0.3 is 0 Å². The number of ether oxygens (including phenoxy) is 2. The molecule has 2 aromatic carbocycles. The third kappa shape index (κ3) is 3.47. The van der Waals surface area contributed by atoms with Crippen LogP contribution in [-0.4, -0.2) is 55.0 Å². The molecule has 2 aromatic rings. The number of benzene rings is 2. The van der Waals surface area contributed by atoms with Crippen molar-refractivity contribution in [3.05, 3.63) is 53.6 Å². The van der Waals surface area contributed by atoms with Crippen molar-refractivity contribution in [2.45, 2.75) is 37.5 Å². The molecule has 1 N–H and O–H groups in total. The summed E-state index contributed by atoms with van der Waals surface area (Å²) in [7, 11) is 0. The van der Waals surface area contributed by atoms with E-state index in [1.807, 2.05) is 18.2 Å². The zero-order chi connectivity index (χ0) is 19.8. The van der Waals surface area contributed by atoms with Crippen LogP contribution in [0.2, 0.25) is 0 Å². The van der Waals surface area contributed by atoms with E-state index < -0.39 is 6.23 Å². The van der Waals surface area contributed by atoms with Gasteiger partial charge in [-0.2, -0.15) is 0 Å². The SMILES string of the molecule is O=CCN1CC(c2ccc3c(c2)OCO3)CC1CCN1c2ccccc2CC1O. The maximum atomic E-state index is 11.3. The maximum Gasteiger partial charge on any atom is 0.231 e. The van der Waals surface area contributed by atoms with Crippen molar-refractivity contribution in [2.24, 2.45) is 0 Å². The first-order chi connectivity index (χ1) is 14.2. The molecule has 3 heterocycles. The van der Waals surface area contributed by atoms with Gasteiger partial charge in [-0.15, -0.1) is 0 Å². The maximum absolute atomic E-state index is 11.3. The fourth-order valence-corrected chi connectivity index (χ4v) is 5.00. The highest BCUT2D eigenvalue weighted by Gasteiger charge is 2.35. The number of likely N-dealkylation sites (tertiary alicyclic amines) is 1. The fourth-order valence-electron chi connectivity index (χ4n) is 5.00. The van der Waals surface area contributed by atoms with Crippen molar-refractivity contribution in [1.29, 1.82) is 0 Å². The smallest absolute Gasteiger partial charge is 0.231 e. The molecule has 0 spiro atoms. The molecular weight excluding hydrogens is 368 g/mol. The van der Waals surface area contributed by atoms with Gasteiger partial charge in [0.1, 0.15) is 12.5 Å². The van der Waals surface area contributed by atoms with Crippen molar-refractivity contribution in [3.63, 3.8) is 0 Å². The van der Waals surface area contributed by atoms with Crippen LogP contribution in [0.1, 0.15) is 29.9 Å². The largest absolute Gasteiger partial charge is 0.454 e. The van der Waals surface area contributed by atoms with E-state index in [1.54, 1.807) is 0 Å². The molecule has 1 saturated heterocycles. The topological polar surface area (TPSA) is 62.2 Å². The molecule has 0 amide bonds. The number of carbonyl (C=O) groups is 1. The highest BCUT2D eigenvalue weighted by Crippen LogP contribution is 2.39. The Kier molecular flexibility index (Phi) is 4.89. The number of carbonyl (C=O) groups excluding carboxylic acids is 1. The second kappa shape index (κ2) is 7.69. The number of nitrogens with zero attached hydrogens (tertiary/aromatic N) is 2. The van der Waals surface area contributed by atoms with Crippen LogP contribution in [0, 0.1) is 0 Å². The highest BCUT2D eigenvalue weighted by molar-refractivity contribution is 5.58. The molecule has 6 heteroatoms. The predicted molar refractivity (Wildman–Crippen MR) is 109 cm³/mol. The molecule has 0 aliphatic carbocycles. The first-order valence-electron chi connectivity index (χ1n) is 10.3. The lowest BCUT2D eigenvalue weighted by Gasteiger charge is -2.28. The van der Waals surface area contributed by atoms with Gasteiger partial charge in [0.25, 0.3) is 0 Å². The van der Waals surface area contributed by atoms with Gasteiger partial charge < -0.3 is 24.3 Å². The van der Waals surface area contributed by atoms with Gasteiger partial charge in [0.05, 0.1) is 6.54 Å². The van der Waals surface area contributed by atoms with Gasteiger partial charge in [-0.1, -0.05) is 24.3 Å². The van der Waals surface area contributed by atoms with Crippen molar-refractivity contribution in [1.82, 2.24) is 4.90 Å². The number of para-hydroxylation sites is 1. The molecule has 3 aliphatic heterocycles. The molecule has 3 aliphatic rings. The first kappa shape index (κ1) is 18.5. The summed E-state index contributed by atoms with van der Waals surface area (Å²) in [5, 5.41) is 10.5. The van der Waals surface area contributed by atoms with E-state index in [2.05, 4.69) is 34.1 Å². The van der Waals surface area contributed by atoms with Gasteiger partial charge in [-0.3, -0.25) is 4.90 Å². The van der Waals surface area contributed by atoms with Crippen LogP contribution < -0.4 is 14.4 Å². The van der Waals surface area contributed by atoms with Gasteiger partial charge in [0, 0.05) is 31.2 Å². The van der Waals surface area contributed by atoms with Crippen LogP contribution in [0.25, 0.3) is 0 Å². The zero-order valence-electron chi connectivity index (χ0n) is 16.4. The Morgan fingerprint density at radius 1 is 1.14 bits per heavy atom. The number of hydrogen-bond acceptors (Lipinski definition) is 6. The summed E-state index contributed by atoms with van der Waals surface area (Å²) in [4.78, 5) is 15.6. The fraction of sp³-hybridized carbons (Fsp3) is 0.435. The van der Waals surface area contributed by atoms with Crippen molar-refractivity contribution >= 4 is 12.0 Å². The lowest BCUT2D eigenvalue weighted by atomic mass is 9.95. The standard InChI is InChI=1S/C23H26N2O4/c26-10-9-24-14-18(16-5-6-21-22(12-16)29-15-28-21)11-19(24)7-8-25-20-4-2-1-3-17(20)13-23(25)27/h1-6,10,12,18-19,23,27H,7-9,11,13-15H2. The summed E-state index contributed by atoms with van der Waals surface area (Å²) < 4.78 is 11.0. The number of fused-ring (bicyclic) bond motifs is 2. The van der Waals surface area contributed by atoms with Crippen LogP contribution in [0.15, 0.2) is 42.5 Å². The summed E-state index contributed by atoms with van der Waals surface area (Å²) in [6, 6.07) is 14.7. The van der Waals surface area contributed by atoms with E-state index in [1.165, 1.54) is 11.1 Å². The monoisotopic (exact) mass is 394 g/mol. The van der Waals surface area contributed by atoms with E-state index >= 15 is 0 Å². The van der Waals surface area contributed by atoms with Crippen LogP contribution in [-0.2, 0) is 11.2 Å². The average molecular weight is 394 g/mol. The molecule has 0 saturated carbocycles. The summed E-state index contributed by atoms with van der Waals surface area (Å²) in [5.74, 6) is 1.98. The molecule has 0 aromatic heterocycles. The number of aldehydes is 1. The molecule has 29 heavy (non-hydrogen) atoms. The molecule has 6 nitrogen and oxygen atoms in total. The summed E-state index contributed by atoms with van der Waals surface area (Å²) in [5.41, 5.74) is 3.57. The minimum atomic E-state index is -0.460. The Morgan fingerprint density at radius 2 is 2.00 bits per heavy atom. The molecular formula is C23H26N2O4. The third-order valence-electron chi connectivity index (χ3n) is 6.47. The second-order valence-electron chi connectivity index (χ2n) is 8.12. The van der Waals surface area contributed by atoms with Crippen LogP contribution in [0.4, 0.5) is 5.69 Å². The minimum absolute atomic E-state index is 0.281. The molecule has 5 rings (SSSR count).